The molecule has 2 heterocycles. The van der Waals surface area contributed by atoms with Gasteiger partial charge in [-0.15, -0.1) is 0 Å². The number of aliphatic imine (C=N–C) groups is 1. The van der Waals surface area contributed by atoms with Gasteiger partial charge in [-0.25, -0.2) is 18.7 Å². The van der Waals surface area contributed by atoms with Crippen LogP contribution >= 0.6 is 0 Å². The molecule has 3 N–H and O–H groups in total. The number of nitrogens with zero attached hydrogens (tertiary/aromatic N) is 3. The fourth-order valence-electron chi connectivity index (χ4n) is 3.04. The number of anilines is 1. The molecular formula is C19H18F5N5O. The molecule has 0 radical (unpaired) electrons. The largest absolute Gasteiger partial charge is 0.434 e. The highest BCUT2D eigenvalue weighted by molar-refractivity contribution is 6.02. The molecule has 1 aromatic heterocycles. The van der Waals surface area contributed by atoms with Gasteiger partial charge < -0.3 is 11.1 Å². The van der Waals surface area contributed by atoms with Crippen molar-refractivity contribution in [3.05, 3.63) is 53.4 Å². The molecule has 30 heavy (non-hydrogen) atoms. The second-order valence-electron chi connectivity index (χ2n) is 7.40. The molecule has 1 amide bonds. The number of benzene rings is 1. The van der Waals surface area contributed by atoms with Gasteiger partial charge in [-0.05, 0) is 44.9 Å². The number of amidine groups is 1. The lowest BCUT2D eigenvalue weighted by Gasteiger charge is -2.36. The van der Waals surface area contributed by atoms with E-state index in [4.69, 9.17) is 5.73 Å². The Hall–Kier alpha value is -3.11. The molecule has 0 fully saturated rings. The predicted octanol–water partition coefficient (Wildman–Crippen LogP) is 3.98. The summed E-state index contributed by atoms with van der Waals surface area (Å²) in [5, 5.41) is 2.42. The summed E-state index contributed by atoms with van der Waals surface area (Å²) in [6, 6.07) is 3.69. The average molecular weight is 427 g/mol. The molecule has 2 atom stereocenters. The summed E-state index contributed by atoms with van der Waals surface area (Å²) in [5.41, 5.74) is 1.43. The van der Waals surface area contributed by atoms with Gasteiger partial charge in [0.15, 0.2) is 11.4 Å². The fraction of sp³-hybridized carbons (Fsp3) is 0.368. The monoisotopic (exact) mass is 427 g/mol. The van der Waals surface area contributed by atoms with Crippen molar-refractivity contribution in [2.75, 3.05) is 5.32 Å². The van der Waals surface area contributed by atoms with Crippen LogP contribution in [0, 0.1) is 5.82 Å². The first-order chi connectivity index (χ1) is 13.8. The van der Waals surface area contributed by atoms with Crippen molar-refractivity contribution in [2.24, 2.45) is 10.7 Å². The maximum absolute atomic E-state index is 14.5. The van der Waals surface area contributed by atoms with E-state index in [1.165, 1.54) is 19.1 Å². The number of rotatable bonds is 3. The number of amides is 1. The van der Waals surface area contributed by atoms with Crippen molar-refractivity contribution in [3.8, 4) is 0 Å². The summed E-state index contributed by atoms with van der Waals surface area (Å²) in [4.78, 5) is 23.1. The van der Waals surface area contributed by atoms with E-state index in [0.717, 1.165) is 6.07 Å². The van der Waals surface area contributed by atoms with Gasteiger partial charge in [0.1, 0.15) is 17.3 Å². The molecule has 0 bridgehead atoms. The molecule has 11 heteroatoms. The predicted molar refractivity (Wildman–Crippen MR) is 99.1 cm³/mol. The van der Waals surface area contributed by atoms with E-state index in [-0.39, 0.29) is 35.6 Å². The zero-order valence-electron chi connectivity index (χ0n) is 16.0. The Balaban J connectivity index is 1.85. The lowest BCUT2D eigenvalue weighted by atomic mass is 9.80. The molecule has 1 aromatic carbocycles. The highest BCUT2D eigenvalue weighted by Crippen LogP contribution is 2.40. The lowest BCUT2D eigenvalue weighted by Crippen LogP contribution is -2.45. The SMILES string of the molecule is C[C@@]1(F)CC[C@@](C)(c2cc(NC(=O)c3cnc(C(F)(F)F)cn3)ccc2F)N=C1N. The summed E-state index contributed by atoms with van der Waals surface area (Å²) in [6.07, 6.45) is -3.33. The molecule has 3 rings (SSSR count). The molecule has 2 aromatic rings. The Labute approximate surface area is 168 Å². The van der Waals surface area contributed by atoms with Crippen LogP contribution in [0.3, 0.4) is 0 Å². The zero-order chi connectivity index (χ0) is 22.3. The van der Waals surface area contributed by atoms with Gasteiger partial charge in [-0.3, -0.25) is 9.79 Å². The zero-order valence-corrected chi connectivity index (χ0v) is 16.0. The minimum atomic E-state index is -4.68. The van der Waals surface area contributed by atoms with E-state index in [0.29, 0.717) is 12.4 Å². The summed E-state index contributed by atoms with van der Waals surface area (Å²) in [6.45, 7) is 2.89. The van der Waals surface area contributed by atoms with Crippen molar-refractivity contribution in [1.29, 1.82) is 0 Å². The number of hydrogen-bond donors (Lipinski definition) is 2. The number of nitrogens with two attached hydrogens (primary N) is 1. The van der Waals surface area contributed by atoms with Crippen LogP contribution in [0.15, 0.2) is 35.6 Å². The Morgan fingerprint density at radius 2 is 1.87 bits per heavy atom. The van der Waals surface area contributed by atoms with Crippen molar-refractivity contribution in [1.82, 2.24) is 9.97 Å². The molecule has 160 valence electrons. The molecule has 0 saturated carbocycles. The molecule has 0 unspecified atom stereocenters. The lowest BCUT2D eigenvalue weighted by molar-refractivity contribution is -0.141. The average Bonchev–Trinajstić information content (AvgIpc) is 2.66. The minimum absolute atomic E-state index is 0.0377. The first kappa shape index (κ1) is 21.6. The summed E-state index contributed by atoms with van der Waals surface area (Å²) in [5.74, 6) is -1.70. The molecule has 0 spiro atoms. The number of hydrogen-bond acceptors (Lipinski definition) is 5. The van der Waals surface area contributed by atoms with Gasteiger partial charge in [0.05, 0.1) is 17.9 Å². The number of nitrogens with one attached hydrogen (secondary N) is 1. The topological polar surface area (TPSA) is 93.3 Å². The minimum Gasteiger partial charge on any atom is -0.385 e. The van der Waals surface area contributed by atoms with E-state index in [1.54, 1.807) is 6.92 Å². The molecular weight excluding hydrogens is 409 g/mol. The Morgan fingerprint density at radius 1 is 1.17 bits per heavy atom. The molecule has 0 aliphatic carbocycles. The second-order valence-corrected chi connectivity index (χ2v) is 7.40. The number of aromatic nitrogens is 2. The Morgan fingerprint density at radius 3 is 2.43 bits per heavy atom. The quantitative estimate of drug-likeness (QED) is 0.725. The van der Waals surface area contributed by atoms with Gasteiger partial charge >= 0.3 is 6.18 Å². The number of alkyl halides is 4. The summed E-state index contributed by atoms with van der Waals surface area (Å²) >= 11 is 0. The summed E-state index contributed by atoms with van der Waals surface area (Å²) in [7, 11) is 0. The third kappa shape index (κ3) is 4.24. The highest BCUT2D eigenvalue weighted by atomic mass is 19.4. The van der Waals surface area contributed by atoms with Crippen LogP contribution in [-0.2, 0) is 11.7 Å². The third-order valence-electron chi connectivity index (χ3n) is 4.96. The van der Waals surface area contributed by atoms with E-state index in [9.17, 15) is 26.7 Å². The molecule has 6 nitrogen and oxygen atoms in total. The first-order valence-corrected chi connectivity index (χ1v) is 8.87. The maximum atomic E-state index is 14.5. The standard InChI is InChI=1S/C19H18F5N5O/c1-17(21)5-6-18(2,29-16(17)25)11-7-10(3-4-12(11)20)28-15(30)13-8-27-14(9-26-13)19(22,23)24/h3-4,7-9H,5-6H2,1-2H3,(H2,25,29)(H,28,30)/t17-,18+/m1/s1. The second kappa shape index (κ2) is 7.29. The van der Waals surface area contributed by atoms with Crippen molar-refractivity contribution in [2.45, 2.75) is 44.1 Å². The van der Waals surface area contributed by atoms with Crippen LogP contribution in [0.2, 0.25) is 0 Å². The van der Waals surface area contributed by atoms with E-state index in [2.05, 4.69) is 20.3 Å². The van der Waals surface area contributed by atoms with Gasteiger partial charge in [0.25, 0.3) is 5.91 Å². The van der Waals surface area contributed by atoms with Gasteiger partial charge in [0.2, 0.25) is 0 Å². The molecule has 1 aliphatic rings. The number of halogens is 5. The fourth-order valence-corrected chi connectivity index (χ4v) is 3.04. The Kier molecular flexibility index (Phi) is 5.25. The van der Waals surface area contributed by atoms with Crippen molar-refractivity contribution < 1.29 is 26.7 Å². The van der Waals surface area contributed by atoms with Crippen LogP contribution in [-0.4, -0.2) is 27.4 Å². The normalized spacial score (nSPS) is 24.3. The number of carbonyl (C=O) groups excluding carboxylic acids is 1. The van der Waals surface area contributed by atoms with Crippen LogP contribution in [0.1, 0.15) is 48.4 Å². The van der Waals surface area contributed by atoms with Gasteiger partial charge in [0, 0.05) is 11.3 Å². The van der Waals surface area contributed by atoms with Gasteiger partial charge in [-0.1, -0.05) is 0 Å². The Bertz CT molecular complexity index is 1000. The highest BCUT2D eigenvalue weighted by Gasteiger charge is 2.41. The van der Waals surface area contributed by atoms with Crippen molar-refractivity contribution in [3.63, 3.8) is 0 Å². The summed E-state index contributed by atoms with van der Waals surface area (Å²) < 4.78 is 66.4. The van der Waals surface area contributed by atoms with E-state index in [1.807, 2.05) is 0 Å². The van der Waals surface area contributed by atoms with Gasteiger partial charge in [-0.2, -0.15) is 13.2 Å². The molecule has 0 saturated heterocycles. The van der Waals surface area contributed by atoms with Crippen molar-refractivity contribution >= 4 is 17.4 Å². The number of carbonyl (C=O) groups is 1. The smallest absolute Gasteiger partial charge is 0.385 e. The van der Waals surface area contributed by atoms with Crippen LogP contribution in [0.5, 0.6) is 0 Å². The van der Waals surface area contributed by atoms with Crippen LogP contribution < -0.4 is 11.1 Å². The van der Waals surface area contributed by atoms with E-state index < -0.39 is 34.8 Å². The van der Waals surface area contributed by atoms with Crippen LogP contribution in [0.25, 0.3) is 0 Å². The maximum Gasteiger partial charge on any atom is 0.434 e. The van der Waals surface area contributed by atoms with Crippen LogP contribution in [0.4, 0.5) is 27.6 Å². The molecule has 1 aliphatic heterocycles. The third-order valence-corrected chi connectivity index (χ3v) is 4.96. The first-order valence-electron chi connectivity index (χ1n) is 8.87. The van der Waals surface area contributed by atoms with E-state index >= 15 is 0 Å².